The van der Waals surface area contributed by atoms with Crippen molar-refractivity contribution in [1.29, 1.82) is 0 Å². The van der Waals surface area contributed by atoms with Gasteiger partial charge in [0.1, 0.15) is 0 Å². The molecule has 2 rings (SSSR count). The monoisotopic (exact) mass is 331 g/mol. The first kappa shape index (κ1) is 19.8. The van der Waals surface area contributed by atoms with Gasteiger partial charge in [0, 0.05) is 12.7 Å². The Morgan fingerprint density at radius 1 is 1.10 bits per heavy atom. The van der Waals surface area contributed by atoms with Crippen LogP contribution in [0.1, 0.15) is 13.8 Å². The molecule has 0 bridgehead atoms. The first-order chi connectivity index (χ1) is 9.24. The molecule has 0 radical (unpaired) electrons. The SMILES string of the molecule is CCN(CC)CCn1cc(-c2ccccc2)c(=O)[nH]1.Cl.Cl. The van der Waals surface area contributed by atoms with Gasteiger partial charge in [-0.3, -0.25) is 14.6 Å². The second-order valence-corrected chi connectivity index (χ2v) is 4.57. The van der Waals surface area contributed by atoms with Crippen molar-refractivity contribution in [3.05, 3.63) is 46.9 Å². The number of likely N-dealkylation sites (N-methyl/N-ethyl adjacent to an activating group) is 1. The fraction of sp³-hybridized carbons (Fsp3) is 0.400. The van der Waals surface area contributed by atoms with Crippen LogP contribution in [0.4, 0.5) is 0 Å². The maximum absolute atomic E-state index is 11.9. The highest BCUT2D eigenvalue weighted by Crippen LogP contribution is 2.13. The molecule has 0 amide bonds. The highest BCUT2D eigenvalue weighted by molar-refractivity contribution is 5.85. The van der Waals surface area contributed by atoms with Crippen LogP contribution >= 0.6 is 24.8 Å². The molecule has 4 nitrogen and oxygen atoms in total. The van der Waals surface area contributed by atoms with Gasteiger partial charge in [0.15, 0.2) is 0 Å². The Morgan fingerprint density at radius 2 is 1.71 bits per heavy atom. The minimum absolute atomic E-state index is 0. The van der Waals surface area contributed by atoms with Crippen LogP contribution in [0.5, 0.6) is 0 Å². The summed E-state index contributed by atoms with van der Waals surface area (Å²) in [4.78, 5) is 14.3. The number of H-pyrrole nitrogens is 1. The van der Waals surface area contributed by atoms with Crippen LogP contribution in [0, 0.1) is 0 Å². The van der Waals surface area contributed by atoms with Gasteiger partial charge in [0.25, 0.3) is 5.56 Å². The molecule has 0 atom stereocenters. The molecule has 1 aromatic heterocycles. The maximum atomic E-state index is 11.9. The van der Waals surface area contributed by atoms with Gasteiger partial charge >= 0.3 is 0 Å². The number of benzene rings is 1. The first-order valence-electron chi connectivity index (χ1n) is 6.81. The normalized spacial score (nSPS) is 10.0. The van der Waals surface area contributed by atoms with Crippen molar-refractivity contribution in [1.82, 2.24) is 14.7 Å². The molecule has 0 aliphatic carbocycles. The van der Waals surface area contributed by atoms with Crippen molar-refractivity contribution in [3.63, 3.8) is 0 Å². The number of aromatic amines is 1. The Morgan fingerprint density at radius 3 is 2.29 bits per heavy atom. The van der Waals surface area contributed by atoms with Gasteiger partial charge in [-0.25, -0.2) is 0 Å². The summed E-state index contributed by atoms with van der Waals surface area (Å²) in [5, 5.41) is 2.88. The summed E-state index contributed by atoms with van der Waals surface area (Å²) >= 11 is 0. The highest BCUT2D eigenvalue weighted by atomic mass is 35.5. The summed E-state index contributed by atoms with van der Waals surface area (Å²) in [5.41, 5.74) is 1.68. The van der Waals surface area contributed by atoms with Gasteiger partial charge in [-0.1, -0.05) is 44.2 Å². The number of aromatic nitrogens is 2. The quantitative estimate of drug-likeness (QED) is 0.883. The summed E-state index contributed by atoms with van der Waals surface area (Å²) in [6, 6.07) is 9.76. The molecule has 21 heavy (non-hydrogen) atoms. The van der Waals surface area contributed by atoms with Crippen molar-refractivity contribution >= 4 is 24.8 Å². The molecule has 0 fully saturated rings. The van der Waals surface area contributed by atoms with Gasteiger partial charge in [-0.15, -0.1) is 24.8 Å². The fourth-order valence-electron chi connectivity index (χ4n) is 2.17. The topological polar surface area (TPSA) is 41.0 Å². The summed E-state index contributed by atoms with van der Waals surface area (Å²) in [6.07, 6.45) is 1.90. The van der Waals surface area contributed by atoms with Crippen molar-refractivity contribution in [2.75, 3.05) is 19.6 Å². The van der Waals surface area contributed by atoms with Crippen LogP contribution in [-0.2, 0) is 6.54 Å². The van der Waals surface area contributed by atoms with E-state index in [0.717, 1.165) is 37.3 Å². The van der Waals surface area contributed by atoms with Crippen molar-refractivity contribution in [2.24, 2.45) is 0 Å². The van der Waals surface area contributed by atoms with E-state index in [1.165, 1.54) is 0 Å². The van der Waals surface area contributed by atoms with Gasteiger partial charge in [-0.05, 0) is 18.7 Å². The smallest absolute Gasteiger partial charge is 0.271 e. The number of hydrogen-bond acceptors (Lipinski definition) is 2. The Hall–Kier alpha value is -1.23. The van der Waals surface area contributed by atoms with Crippen LogP contribution < -0.4 is 5.56 Å². The average molecular weight is 332 g/mol. The van der Waals surface area contributed by atoms with Gasteiger partial charge in [-0.2, -0.15) is 0 Å². The first-order valence-corrected chi connectivity index (χ1v) is 6.81. The van der Waals surface area contributed by atoms with Crippen LogP contribution in [0.3, 0.4) is 0 Å². The van der Waals surface area contributed by atoms with E-state index >= 15 is 0 Å². The predicted octanol–water partition coefficient (Wildman–Crippen LogP) is 3.03. The zero-order valence-electron chi connectivity index (χ0n) is 12.4. The molecule has 1 aromatic carbocycles. The van der Waals surface area contributed by atoms with E-state index in [-0.39, 0.29) is 30.4 Å². The average Bonchev–Trinajstić information content (AvgIpc) is 2.82. The largest absolute Gasteiger partial charge is 0.302 e. The van der Waals surface area contributed by atoms with E-state index in [2.05, 4.69) is 23.8 Å². The third-order valence-electron chi connectivity index (χ3n) is 3.41. The minimum Gasteiger partial charge on any atom is -0.302 e. The van der Waals surface area contributed by atoms with Crippen LogP contribution in [-0.4, -0.2) is 34.3 Å². The molecule has 0 spiro atoms. The van der Waals surface area contributed by atoms with E-state index in [0.29, 0.717) is 0 Å². The third kappa shape index (κ3) is 5.23. The van der Waals surface area contributed by atoms with Crippen molar-refractivity contribution in [2.45, 2.75) is 20.4 Å². The van der Waals surface area contributed by atoms with Gasteiger partial charge < -0.3 is 4.90 Å². The zero-order valence-corrected chi connectivity index (χ0v) is 14.0. The molecule has 118 valence electrons. The number of rotatable bonds is 6. The lowest BCUT2D eigenvalue weighted by Gasteiger charge is -2.17. The molecule has 2 aromatic rings. The second kappa shape index (κ2) is 9.66. The van der Waals surface area contributed by atoms with Crippen LogP contribution in [0.2, 0.25) is 0 Å². The zero-order chi connectivity index (χ0) is 13.7. The Balaban J connectivity index is 0.00000200. The number of hydrogen-bond donors (Lipinski definition) is 1. The molecule has 1 heterocycles. The number of nitrogens with one attached hydrogen (secondary N) is 1. The van der Waals surface area contributed by atoms with Gasteiger partial charge in [0.05, 0.1) is 12.1 Å². The lowest BCUT2D eigenvalue weighted by molar-refractivity contribution is 0.285. The summed E-state index contributed by atoms with van der Waals surface area (Å²) in [5.74, 6) is 0. The molecule has 0 saturated heterocycles. The molecular weight excluding hydrogens is 309 g/mol. The van der Waals surface area contributed by atoms with Gasteiger partial charge in [0.2, 0.25) is 0 Å². The highest BCUT2D eigenvalue weighted by Gasteiger charge is 2.07. The van der Waals surface area contributed by atoms with Crippen LogP contribution in [0.15, 0.2) is 41.3 Å². The summed E-state index contributed by atoms with van der Waals surface area (Å²) < 4.78 is 1.88. The van der Waals surface area contributed by atoms with E-state index in [4.69, 9.17) is 0 Å². The predicted molar refractivity (Wildman–Crippen MR) is 92.8 cm³/mol. The molecular formula is C15H23Cl2N3O. The Bertz CT molecular complexity index is 562. The number of halogens is 2. The molecule has 1 N–H and O–H groups in total. The lowest BCUT2D eigenvalue weighted by atomic mass is 10.1. The van der Waals surface area contributed by atoms with Crippen molar-refractivity contribution < 1.29 is 0 Å². The van der Waals surface area contributed by atoms with Crippen LogP contribution in [0.25, 0.3) is 11.1 Å². The minimum atomic E-state index is -0.0225. The molecule has 6 heteroatoms. The van der Waals surface area contributed by atoms with E-state index in [1.54, 1.807) is 0 Å². The summed E-state index contributed by atoms with van der Waals surface area (Å²) in [7, 11) is 0. The fourth-order valence-corrected chi connectivity index (χ4v) is 2.17. The number of nitrogens with zero attached hydrogens (tertiary/aromatic N) is 2. The molecule has 0 unspecified atom stereocenters. The standard InChI is InChI=1S/C15H21N3O.2ClH/c1-3-17(4-2)10-11-18-12-14(15(19)16-18)13-8-6-5-7-9-13;;/h5-9,12H,3-4,10-11H2,1-2H3,(H,16,19);2*1H. The van der Waals surface area contributed by atoms with E-state index in [1.807, 2.05) is 41.2 Å². The molecule has 0 aliphatic rings. The lowest BCUT2D eigenvalue weighted by Crippen LogP contribution is -2.27. The Labute approximate surface area is 138 Å². The van der Waals surface area contributed by atoms with E-state index in [9.17, 15) is 4.79 Å². The molecule has 0 saturated carbocycles. The third-order valence-corrected chi connectivity index (χ3v) is 3.41. The van der Waals surface area contributed by atoms with E-state index < -0.39 is 0 Å². The Kier molecular flexibility index (Phi) is 9.09. The second-order valence-electron chi connectivity index (χ2n) is 4.57. The summed E-state index contributed by atoms with van der Waals surface area (Å²) in [6.45, 7) is 8.13. The maximum Gasteiger partial charge on any atom is 0.271 e. The molecule has 0 aliphatic heterocycles. The van der Waals surface area contributed by atoms with Crippen molar-refractivity contribution in [3.8, 4) is 11.1 Å².